The van der Waals surface area contributed by atoms with Crippen molar-refractivity contribution in [2.45, 2.75) is 74.4 Å². The third-order valence-electron chi connectivity index (χ3n) is 10.1. The molecule has 0 unspecified atom stereocenters. The van der Waals surface area contributed by atoms with Crippen molar-refractivity contribution in [3.05, 3.63) is 77.9 Å². The number of aromatic hydroxyl groups is 4. The first-order valence-electron chi connectivity index (χ1n) is 18.1. The molecule has 0 spiro atoms. The molecule has 6 rings (SSSR count). The van der Waals surface area contributed by atoms with Crippen molar-refractivity contribution in [3.8, 4) is 45.8 Å². The molecule has 2 fully saturated rings. The number of ether oxygens (including phenoxy) is 5. The maximum atomic E-state index is 13.3. The van der Waals surface area contributed by atoms with Gasteiger partial charge in [-0.05, 0) is 54.0 Å². The molecule has 0 amide bonds. The number of hydrogen-bond donors (Lipinski definition) is 10. The fraction of sp³-hybridized carbons (Fsp3) is 0.341. The van der Waals surface area contributed by atoms with Gasteiger partial charge in [-0.3, -0.25) is 0 Å². The summed E-state index contributed by atoms with van der Waals surface area (Å²) in [6, 6.07) is 10.6. The van der Waals surface area contributed by atoms with Crippen LogP contribution in [0.1, 0.15) is 29.5 Å². The molecule has 18 nitrogen and oxygen atoms in total. The topological polar surface area (TPSA) is 294 Å². The zero-order chi connectivity index (χ0) is 42.9. The monoisotopic (exact) mass is 823 g/mol. The van der Waals surface area contributed by atoms with Crippen LogP contribution < -0.4 is 9.47 Å². The number of benzene rings is 3. The van der Waals surface area contributed by atoms with Gasteiger partial charge in [-0.25, -0.2) is 14.0 Å². The van der Waals surface area contributed by atoms with Crippen LogP contribution in [-0.4, -0.2) is 131 Å². The number of carbonyl (C=O) groups excluding carboxylic acids is 2. The van der Waals surface area contributed by atoms with Crippen LogP contribution in [0.15, 0.2) is 65.6 Å². The van der Waals surface area contributed by atoms with E-state index in [4.69, 9.17) is 28.1 Å². The van der Waals surface area contributed by atoms with Gasteiger partial charge in [-0.1, -0.05) is 18.7 Å². The maximum Gasteiger partial charge on any atom is 0.402 e. The number of aliphatic hydroxyl groups is 6. The van der Waals surface area contributed by atoms with E-state index in [-0.39, 0.29) is 34.0 Å². The number of fused-ring (bicyclic) bond motifs is 1. The molecule has 10 N–H and O–H groups in total. The van der Waals surface area contributed by atoms with E-state index in [9.17, 15) is 60.7 Å². The van der Waals surface area contributed by atoms with Crippen molar-refractivity contribution in [2.75, 3.05) is 13.7 Å². The molecule has 1 saturated heterocycles. The normalized spacial score (nSPS) is 27.0. The number of carbonyl (C=O) groups is 2. The average Bonchev–Trinajstić information content (AvgIpc) is 3.19. The van der Waals surface area contributed by atoms with Gasteiger partial charge in [-0.15, -0.1) is 0 Å². The smallest absolute Gasteiger partial charge is 0.402 e. The number of aliphatic hydroxyl groups excluding tert-OH is 5. The van der Waals surface area contributed by atoms with E-state index in [1.807, 2.05) is 0 Å². The number of phenols is 4. The third-order valence-corrected chi connectivity index (χ3v) is 10.1. The number of hydrogen-bond acceptors (Lipinski definition) is 17. The third kappa shape index (κ3) is 8.88. The van der Waals surface area contributed by atoms with Crippen LogP contribution in [-0.2, 0) is 23.8 Å². The van der Waals surface area contributed by atoms with Gasteiger partial charge in [0.15, 0.2) is 17.1 Å². The molecular formula is C41H43O18+. The van der Waals surface area contributed by atoms with Crippen LogP contribution in [0.5, 0.6) is 34.5 Å². The van der Waals surface area contributed by atoms with Crippen molar-refractivity contribution >= 4 is 35.1 Å². The second kappa shape index (κ2) is 17.1. The molecule has 9 atom stereocenters. The minimum absolute atomic E-state index is 0.0195. The lowest BCUT2D eigenvalue weighted by atomic mass is 9.79. The van der Waals surface area contributed by atoms with Crippen molar-refractivity contribution < 1.29 is 88.8 Å². The lowest BCUT2D eigenvalue weighted by molar-refractivity contribution is -0.280. The molecule has 4 aromatic rings. The number of esters is 2. The van der Waals surface area contributed by atoms with Crippen molar-refractivity contribution in [1.82, 2.24) is 0 Å². The molecule has 3 aromatic carbocycles. The molecule has 1 aliphatic carbocycles. The Morgan fingerprint density at radius 2 is 1.64 bits per heavy atom. The van der Waals surface area contributed by atoms with Crippen molar-refractivity contribution in [3.63, 3.8) is 0 Å². The van der Waals surface area contributed by atoms with Crippen LogP contribution in [0, 0.1) is 6.92 Å². The highest BCUT2D eigenvalue weighted by Gasteiger charge is 2.52. The Kier molecular flexibility index (Phi) is 12.3. The van der Waals surface area contributed by atoms with Gasteiger partial charge in [0, 0.05) is 31.1 Å². The summed E-state index contributed by atoms with van der Waals surface area (Å²) in [6.07, 6.45) is -12.1. The van der Waals surface area contributed by atoms with E-state index in [2.05, 4.69) is 6.58 Å². The molecule has 0 radical (unpaired) electrons. The van der Waals surface area contributed by atoms with E-state index in [0.29, 0.717) is 22.4 Å². The predicted molar refractivity (Wildman–Crippen MR) is 204 cm³/mol. The highest BCUT2D eigenvalue weighted by Crippen LogP contribution is 2.42. The summed E-state index contributed by atoms with van der Waals surface area (Å²) in [4.78, 5) is 25.9. The summed E-state index contributed by atoms with van der Waals surface area (Å²) < 4.78 is 33.9. The van der Waals surface area contributed by atoms with E-state index in [1.165, 1.54) is 37.5 Å². The first kappa shape index (κ1) is 42.6. The molecule has 0 bridgehead atoms. The van der Waals surface area contributed by atoms with Crippen LogP contribution in [0.3, 0.4) is 0 Å². The highest BCUT2D eigenvalue weighted by atomic mass is 16.7. The number of methoxy groups -OCH3 is 1. The van der Waals surface area contributed by atoms with Gasteiger partial charge in [0.25, 0.3) is 0 Å². The minimum Gasteiger partial charge on any atom is -0.507 e. The molecule has 59 heavy (non-hydrogen) atoms. The summed E-state index contributed by atoms with van der Waals surface area (Å²) in [5.41, 5.74) is -0.487. The van der Waals surface area contributed by atoms with Crippen LogP contribution in [0.4, 0.5) is 0 Å². The molecule has 18 heteroatoms. The maximum absolute atomic E-state index is 13.3. The Morgan fingerprint density at radius 1 is 0.898 bits per heavy atom. The van der Waals surface area contributed by atoms with Crippen LogP contribution in [0.25, 0.3) is 34.4 Å². The second-order valence-corrected chi connectivity index (χ2v) is 14.2. The standard InChI is InChI=1S/C41H42O18/c1-4-20-10-21(11-28(54-3)18(20)2)38-30(14-23-25(44)12-22(42)13-29(23)57-38)58-39-37(51)36(50)35(49)32(59-39)17-55-40(52)41(53)15-27(46)34(48)31(16-41)56-33(47)8-6-19-5-7-24(43)26(45)9-19/h4-14,27,31-32,34-37,39,46,48-51,53H,1,15-17H2,2-3H3,(H3-,42,43,44,45,47)/p+1/t27-,31-,32-,34-,35-,36+,37-,39-,41+/m1/s1. The molecule has 314 valence electrons. The molecule has 2 heterocycles. The Labute approximate surface area is 335 Å². The van der Waals surface area contributed by atoms with Crippen molar-refractivity contribution in [1.29, 1.82) is 0 Å². The van der Waals surface area contributed by atoms with Gasteiger partial charge in [0.05, 0.1) is 24.8 Å². The summed E-state index contributed by atoms with van der Waals surface area (Å²) >= 11 is 0. The first-order chi connectivity index (χ1) is 27.9. The van der Waals surface area contributed by atoms with Gasteiger partial charge < -0.3 is 74.7 Å². The van der Waals surface area contributed by atoms with Gasteiger partial charge in [-0.2, -0.15) is 0 Å². The fourth-order valence-electron chi connectivity index (χ4n) is 6.83. The van der Waals surface area contributed by atoms with Crippen LogP contribution in [0.2, 0.25) is 0 Å². The van der Waals surface area contributed by atoms with E-state index < -0.39 is 97.5 Å². The molecule has 1 saturated carbocycles. The Bertz CT molecular complexity index is 2270. The Hall–Kier alpha value is -5.99. The van der Waals surface area contributed by atoms with E-state index in [0.717, 1.165) is 23.8 Å². The zero-order valence-corrected chi connectivity index (χ0v) is 31.5. The van der Waals surface area contributed by atoms with Gasteiger partial charge in [0.2, 0.25) is 12.0 Å². The summed E-state index contributed by atoms with van der Waals surface area (Å²) in [6.45, 7) is 4.78. The lowest BCUT2D eigenvalue weighted by Gasteiger charge is -2.41. The summed E-state index contributed by atoms with van der Waals surface area (Å²) in [7, 11) is 1.45. The van der Waals surface area contributed by atoms with Gasteiger partial charge >= 0.3 is 23.3 Å². The molecule has 2 aliphatic rings. The zero-order valence-electron chi connectivity index (χ0n) is 31.5. The lowest BCUT2D eigenvalue weighted by Crippen LogP contribution is -2.61. The van der Waals surface area contributed by atoms with Crippen molar-refractivity contribution in [2.24, 2.45) is 0 Å². The van der Waals surface area contributed by atoms with Crippen LogP contribution >= 0.6 is 0 Å². The predicted octanol–water partition coefficient (Wildman–Crippen LogP) is 1.76. The molecule has 1 aliphatic heterocycles. The van der Waals surface area contributed by atoms with Gasteiger partial charge in [0.1, 0.15) is 65.9 Å². The second-order valence-electron chi connectivity index (χ2n) is 14.2. The Morgan fingerprint density at radius 3 is 2.34 bits per heavy atom. The quantitative estimate of drug-likeness (QED) is 0.0446. The molecular weight excluding hydrogens is 780 g/mol. The number of rotatable bonds is 11. The summed E-state index contributed by atoms with van der Waals surface area (Å²) in [5, 5.41) is 105. The largest absolute Gasteiger partial charge is 0.507 e. The Balaban J connectivity index is 1.20. The molecule has 1 aromatic heterocycles. The average molecular weight is 824 g/mol. The summed E-state index contributed by atoms with van der Waals surface area (Å²) in [5.74, 6) is -3.73. The first-order valence-corrected chi connectivity index (χ1v) is 18.1. The van der Waals surface area contributed by atoms with E-state index in [1.54, 1.807) is 25.1 Å². The highest BCUT2D eigenvalue weighted by molar-refractivity contribution is 5.89. The minimum atomic E-state index is -2.54. The fourth-order valence-corrected chi connectivity index (χ4v) is 6.83. The number of phenolic OH excluding ortho intramolecular Hbond substituents is 4. The SMILES string of the molecule is C=Cc1cc(-c2[o+]c3cc(O)cc(O)c3cc2O[C@@H]2O[C@H](COC(=O)[C@]3(O)C[C@@H](O)[C@@H](O)[C@H](OC(=O)/C=C/c4ccc(O)c(O)c4)C3)[C@@H](O)[C@H](O)[C@H]2O)cc(OC)c1C. The van der Waals surface area contributed by atoms with E-state index >= 15 is 0 Å².